The largest absolute Gasteiger partial charge is 0.361 e. The average Bonchev–Trinajstić information content (AvgIpc) is 3.23. The number of likely N-dealkylation sites (tertiary alicyclic amines) is 1. The van der Waals surface area contributed by atoms with Crippen molar-refractivity contribution >= 4 is 6.03 Å². The Morgan fingerprint density at radius 2 is 2.32 bits per heavy atom. The normalized spacial score (nSPS) is 19.0. The molecule has 1 N–H and O–H groups in total. The molecule has 2 amide bonds. The van der Waals surface area contributed by atoms with Crippen molar-refractivity contribution in [1.82, 2.24) is 30.4 Å². The predicted molar refractivity (Wildman–Crippen MR) is 91.9 cm³/mol. The molecule has 8 heteroatoms. The maximum Gasteiger partial charge on any atom is 0.317 e. The van der Waals surface area contributed by atoms with Crippen molar-refractivity contribution in [3.63, 3.8) is 0 Å². The van der Waals surface area contributed by atoms with Crippen LogP contribution in [0.15, 0.2) is 16.9 Å². The molecule has 1 aliphatic heterocycles. The van der Waals surface area contributed by atoms with Gasteiger partial charge in [-0.3, -0.25) is 4.68 Å². The number of aryl methyl sites for hydroxylation is 2. The number of amides is 2. The smallest absolute Gasteiger partial charge is 0.317 e. The van der Waals surface area contributed by atoms with Gasteiger partial charge in [0.1, 0.15) is 5.76 Å². The summed E-state index contributed by atoms with van der Waals surface area (Å²) in [7, 11) is 0. The van der Waals surface area contributed by atoms with Gasteiger partial charge in [0.2, 0.25) is 0 Å². The van der Waals surface area contributed by atoms with Crippen molar-refractivity contribution in [3.8, 4) is 0 Å². The van der Waals surface area contributed by atoms with Crippen LogP contribution < -0.4 is 5.32 Å². The Morgan fingerprint density at radius 3 is 2.96 bits per heavy atom. The second kappa shape index (κ2) is 7.67. The first-order valence-corrected chi connectivity index (χ1v) is 8.90. The molecule has 3 heterocycles. The van der Waals surface area contributed by atoms with Gasteiger partial charge in [0.25, 0.3) is 0 Å². The molecule has 136 valence electrons. The predicted octanol–water partition coefficient (Wildman–Crippen LogP) is 2.46. The van der Waals surface area contributed by atoms with Crippen LogP contribution in [0.4, 0.5) is 4.79 Å². The molecular formula is C17H26N6O2. The van der Waals surface area contributed by atoms with E-state index >= 15 is 0 Å². The highest BCUT2D eigenvalue weighted by atomic mass is 16.5. The van der Waals surface area contributed by atoms with E-state index in [0.717, 1.165) is 55.9 Å². The molecule has 0 unspecified atom stereocenters. The van der Waals surface area contributed by atoms with Crippen LogP contribution in [0, 0.1) is 19.8 Å². The maximum atomic E-state index is 12.8. The van der Waals surface area contributed by atoms with E-state index in [1.165, 1.54) is 0 Å². The van der Waals surface area contributed by atoms with E-state index in [2.05, 4.69) is 27.7 Å². The molecule has 25 heavy (non-hydrogen) atoms. The molecule has 0 aromatic carbocycles. The Labute approximate surface area is 147 Å². The third-order valence-electron chi connectivity index (χ3n) is 4.87. The number of rotatable bonds is 5. The summed E-state index contributed by atoms with van der Waals surface area (Å²) in [5.74, 6) is 1.17. The molecule has 2 aromatic heterocycles. The van der Waals surface area contributed by atoms with Gasteiger partial charge in [-0.15, -0.1) is 5.10 Å². The Morgan fingerprint density at radius 1 is 1.48 bits per heavy atom. The number of nitrogens with one attached hydrogen (secondary N) is 1. The van der Waals surface area contributed by atoms with Crippen molar-refractivity contribution < 1.29 is 9.32 Å². The highest BCUT2D eigenvalue weighted by Gasteiger charge is 2.27. The second-order valence-corrected chi connectivity index (χ2v) is 6.73. The van der Waals surface area contributed by atoms with E-state index in [4.69, 9.17) is 4.52 Å². The molecule has 1 aliphatic rings. The molecule has 8 nitrogen and oxygen atoms in total. The van der Waals surface area contributed by atoms with Crippen LogP contribution in [-0.4, -0.2) is 44.2 Å². The van der Waals surface area contributed by atoms with Gasteiger partial charge in [0.05, 0.1) is 17.9 Å². The molecule has 0 spiro atoms. The Balaban J connectivity index is 1.61. The van der Waals surface area contributed by atoms with Crippen LogP contribution in [-0.2, 0) is 6.54 Å². The zero-order valence-electron chi connectivity index (χ0n) is 15.1. The van der Waals surface area contributed by atoms with Gasteiger partial charge in [-0.2, -0.15) is 0 Å². The van der Waals surface area contributed by atoms with Crippen LogP contribution in [0.1, 0.15) is 49.2 Å². The number of hydrogen-bond acceptors (Lipinski definition) is 5. The summed E-state index contributed by atoms with van der Waals surface area (Å²) in [6.45, 7) is 8.18. The fourth-order valence-corrected chi connectivity index (χ4v) is 3.60. The summed E-state index contributed by atoms with van der Waals surface area (Å²) in [5, 5.41) is 15.0. The van der Waals surface area contributed by atoms with Crippen molar-refractivity contribution in [2.75, 3.05) is 13.1 Å². The first kappa shape index (κ1) is 17.4. The Kier molecular flexibility index (Phi) is 5.35. The molecule has 1 saturated heterocycles. The van der Waals surface area contributed by atoms with Crippen molar-refractivity contribution in [1.29, 1.82) is 0 Å². The summed E-state index contributed by atoms with van der Waals surface area (Å²) < 4.78 is 7.09. The molecule has 0 aliphatic carbocycles. The van der Waals surface area contributed by atoms with Gasteiger partial charge < -0.3 is 14.7 Å². The van der Waals surface area contributed by atoms with E-state index in [0.29, 0.717) is 5.92 Å². The molecular weight excluding hydrogens is 320 g/mol. The first-order chi connectivity index (χ1) is 12.1. The third kappa shape index (κ3) is 4.00. The van der Waals surface area contributed by atoms with Crippen LogP contribution in [0.2, 0.25) is 0 Å². The lowest BCUT2D eigenvalue weighted by Gasteiger charge is -2.33. The molecule has 2 atom stereocenters. The van der Waals surface area contributed by atoms with Crippen LogP contribution >= 0.6 is 0 Å². The fraction of sp³-hybridized carbons (Fsp3) is 0.647. The van der Waals surface area contributed by atoms with Gasteiger partial charge >= 0.3 is 6.03 Å². The van der Waals surface area contributed by atoms with Gasteiger partial charge in [-0.1, -0.05) is 17.3 Å². The lowest BCUT2D eigenvalue weighted by molar-refractivity contribution is 0.154. The van der Waals surface area contributed by atoms with E-state index in [-0.39, 0.29) is 12.1 Å². The highest BCUT2D eigenvalue weighted by molar-refractivity contribution is 5.75. The average molecular weight is 346 g/mol. The number of piperidine rings is 1. The van der Waals surface area contributed by atoms with Crippen molar-refractivity contribution in [3.05, 3.63) is 29.4 Å². The van der Waals surface area contributed by atoms with Gasteiger partial charge in [-0.05, 0) is 39.0 Å². The summed E-state index contributed by atoms with van der Waals surface area (Å²) in [5.41, 5.74) is 1.83. The first-order valence-electron chi connectivity index (χ1n) is 8.90. The van der Waals surface area contributed by atoms with E-state index in [9.17, 15) is 4.79 Å². The van der Waals surface area contributed by atoms with Crippen molar-refractivity contribution in [2.24, 2.45) is 5.92 Å². The minimum Gasteiger partial charge on any atom is -0.361 e. The monoisotopic (exact) mass is 346 g/mol. The highest BCUT2D eigenvalue weighted by Crippen LogP contribution is 2.25. The Hall–Kier alpha value is -2.38. The Bertz CT molecular complexity index is 677. The number of carbonyl (C=O) groups excluding carboxylic acids is 1. The number of nitrogens with zero attached hydrogens (tertiary/aromatic N) is 5. The minimum atomic E-state index is -0.0746. The van der Waals surface area contributed by atoms with Crippen LogP contribution in [0.25, 0.3) is 0 Å². The summed E-state index contributed by atoms with van der Waals surface area (Å²) in [4.78, 5) is 14.7. The van der Waals surface area contributed by atoms with E-state index < -0.39 is 0 Å². The number of carbonyl (C=O) groups is 1. The zero-order valence-corrected chi connectivity index (χ0v) is 15.1. The fourth-order valence-electron chi connectivity index (χ4n) is 3.60. The maximum absolute atomic E-state index is 12.8. The van der Waals surface area contributed by atoms with Gasteiger partial charge in [0, 0.05) is 31.4 Å². The molecule has 2 aromatic rings. The topological polar surface area (TPSA) is 89.1 Å². The minimum absolute atomic E-state index is 0.0184. The molecule has 0 saturated carbocycles. The van der Waals surface area contributed by atoms with E-state index in [1.54, 1.807) is 6.20 Å². The van der Waals surface area contributed by atoms with Gasteiger partial charge in [0.15, 0.2) is 0 Å². The second-order valence-electron chi connectivity index (χ2n) is 6.73. The molecule has 0 bridgehead atoms. The zero-order chi connectivity index (χ0) is 17.8. The van der Waals surface area contributed by atoms with Crippen LogP contribution in [0.3, 0.4) is 0 Å². The summed E-state index contributed by atoms with van der Waals surface area (Å²) >= 11 is 0. The number of hydrogen-bond donors (Lipinski definition) is 1. The van der Waals surface area contributed by atoms with Gasteiger partial charge in [-0.25, -0.2) is 4.79 Å². The lowest BCUT2D eigenvalue weighted by atomic mass is 9.98. The standard InChI is InChI=1S/C17H26N6O2/c1-4-15(16-12(2)20-25-13(16)3)19-17(24)22-8-5-6-14(10-22)11-23-9-7-18-21-23/h7,9,14-15H,4-6,8,10-11H2,1-3H3,(H,19,24)/t14-,15-/m0/s1. The van der Waals surface area contributed by atoms with Crippen molar-refractivity contribution in [2.45, 2.75) is 52.6 Å². The summed E-state index contributed by atoms with van der Waals surface area (Å²) in [6, 6.07) is -0.0930. The number of urea groups is 1. The molecule has 0 radical (unpaired) electrons. The quantitative estimate of drug-likeness (QED) is 0.898. The lowest BCUT2D eigenvalue weighted by Crippen LogP contribution is -2.47. The molecule has 1 fully saturated rings. The molecule has 3 rings (SSSR count). The van der Waals surface area contributed by atoms with E-state index in [1.807, 2.05) is 29.6 Å². The summed E-state index contributed by atoms with van der Waals surface area (Å²) in [6.07, 6.45) is 6.46. The SMILES string of the molecule is CC[C@H](NC(=O)N1CCC[C@H](Cn2ccnn2)C1)c1c(C)noc1C. The third-order valence-corrected chi connectivity index (χ3v) is 4.87. The van der Waals surface area contributed by atoms with Crippen LogP contribution in [0.5, 0.6) is 0 Å². The number of aromatic nitrogens is 4.